The van der Waals surface area contributed by atoms with Crippen LogP contribution in [0.5, 0.6) is 0 Å². The van der Waals surface area contributed by atoms with Crippen molar-refractivity contribution in [1.82, 2.24) is 20.4 Å². The average Bonchev–Trinajstić information content (AvgIpc) is 2.65. The summed E-state index contributed by atoms with van der Waals surface area (Å²) in [5.74, 6) is 1.64. The van der Waals surface area contributed by atoms with Gasteiger partial charge in [0, 0.05) is 60.1 Å². The standard InChI is InChI=1S/C19H41N5O2.HI/c1-5-20-19(21-9-13-23(2)10-6-15-25-3)22-17-18-7-11-24(12-8-18)14-16-26-4;/h18H,5-17H2,1-4H3,(H2,20,21,22);1H. The Morgan fingerprint density at radius 2 is 1.81 bits per heavy atom. The molecule has 8 heteroatoms. The van der Waals surface area contributed by atoms with Gasteiger partial charge < -0.3 is 29.9 Å². The zero-order chi connectivity index (χ0) is 19.0. The Morgan fingerprint density at radius 3 is 2.44 bits per heavy atom. The number of rotatable bonds is 13. The highest BCUT2D eigenvalue weighted by molar-refractivity contribution is 14.0. The fourth-order valence-electron chi connectivity index (χ4n) is 3.13. The molecule has 0 aromatic carbocycles. The fourth-order valence-corrected chi connectivity index (χ4v) is 3.13. The average molecular weight is 499 g/mol. The summed E-state index contributed by atoms with van der Waals surface area (Å²) < 4.78 is 10.3. The van der Waals surface area contributed by atoms with Gasteiger partial charge in [-0.15, -0.1) is 24.0 Å². The van der Waals surface area contributed by atoms with Gasteiger partial charge in [-0.3, -0.25) is 4.99 Å². The summed E-state index contributed by atoms with van der Waals surface area (Å²) in [7, 11) is 5.68. The molecule has 0 amide bonds. The van der Waals surface area contributed by atoms with Crippen LogP contribution in [0.4, 0.5) is 0 Å². The molecule has 1 aliphatic heterocycles. The van der Waals surface area contributed by atoms with Gasteiger partial charge in [0.2, 0.25) is 0 Å². The number of nitrogens with zero attached hydrogens (tertiary/aromatic N) is 3. The van der Waals surface area contributed by atoms with E-state index in [9.17, 15) is 0 Å². The van der Waals surface area contributed by atoms with E-state index in [1.54, 1.807) is 14.2 Å². The third-order valence-electron chi connectivity index (χ3n) is 4.84. The van der Waals surface area contributed by atoms with E-state index in [1.807, 2.05) is 0 Å². The first-order chi connectivity index (χ1) is 12.7. The molecule has 1 heterocycles. The Bertz CT molecular complexity index is 366. The highest BCUT2D eigenvalue weighted by atomic mass is 127. The molecular weight excluding hydrogens is 457 g/mol. The summed E-state index contributed by atoms with van der Waals surface area (Å²) >= 11 is 0. The molecule has 0 saturated carbocycles. The maximum atomic E-state index is 5.17. The predicted molar refractivity (Wildman–Crippen MR) is 124 cm³/mol. The number of hydrogen-bond donors (Lipinski definition) is 2. The number of ether oxygens (including phenoxy) is 2. The topological polar surface area (TPSA) is 61.4 Å². The molecule has 0 bridgehead atoms. The van der Waals surface area contributed by atoms with Crippen LogP contribution in [0.25, 0.3) is 0 Å². The lowest BCUT2D eigenvalue weighted by molar-refractivity contribution is 0.121. The van der Waals surface area contributed by atoms with Crippen LogP contribution in [-0.2, 0) is 9.47 Å². The molecule has 0 spiro atoms. The van der Waals surface area contributed by atoms with Crippen molar-refractivity contribution in [2.24, 2.45) is 10.9 Å². The first kappa shape index (κ1) is 26.8. The molecule has 1 rings (SSSR count). The van der Waals surface area contributed by atoms with Gasteiger partial charge in [0.05, 0.1) is 6.61 Å². The van der Waals surface area contributed by atoms with Gasteiger partial charge >= 0.3 is 0 Å². The van der Waals surface area contributed by atoms with Crippen LogP contribution in [0.15, 0.2) is 4.99 Å². The maximum Gasteiger partial charge on any atom is 0.191 e. The van der Waals surface area contributed by atoms with E-state index in [1.165, 1.54) is 25.9 Å². The molecule has 2 N–H and O–H groups in total. The number of piperidine rings is 1. The lowest BCUT2D eigenvalue weighted by atomic mass is 9.97. The third kappa shape index (κ3) is 13.6. The number of hydrogen-bond acceptors (Lipinski definition) is 5. The molecule has 0 unspecified atom stereocenters. The molecule has 0 aromatic rings. The number of halogens is 1. The van der Waals surface area contributed by atoms with Crippen LogP contribution in [0.3, 0.4) is 0 Å². The fraction of sp³-hybridized carbons (Fsp3) is 0.947. The number of likely N-dealkylation sites (tertiary alicyclic amines) is 1. The number of likely N-dealkylation sites (N-methyl/N-ethyl adjacent to an activating group) is 1. The normalized spacial score (nSPS) is 16.4. The molecule has 1 fully saturated rings. The van der Waals surface area contributed by atoms with Crippen LogP contribution < -0.4 is 10.6 Å². The Labute approximate surface area is 183 Å². The van der Waals surface area contributed by atoms with E-state index in [0.717, 1.165) is 64.9 Å². The lowest BCUT2D eigenvalue weighted by Gasteiger charge is -2.31. The van der Waals surface area contributed by atoms with E-state index in [0.29, 0.717) is 5.92 Å². The van der Waals surface area contributed by atoms with Crippen molar-refractivity contribution in [2.45, 2.75) is 26.2 Å². The summed E-state index contributed by atoms with van der Waals surface area (Å²) in [6, 6.07) is 0. The molecule has 162 valence electrons. The van der Waals surface area contributed by atoms with Crippen molar-refractivity contribution in [3.05, 3.63) is 0 Å². The second-order valence-electron chi connectivity index (χ2n) is 7.07. The molecule has 0 aromatic heterocycles. The quantitative estimate of drug-likeness (QED) is 0.173. The Hall–Kier alpha value is -0.160. The van der Waals surface area contributed by atoms with Crippen molar-refractivity contribution < 1.29 is 9.47 Å². The van der Waals surface area contributed by atoms with Crippen molar-refractivity contribution >= 4 is 29.9 Å². The summed E-state index contributed by atoms with van der Waals surface area (Å²) in [4.78, 5) is 9.63. The van der Waals surface area contributed by atoms with Gasteiger partial charge in [0.1, 0.15) is 0 Å². The number of nitrogens with one attached hydrogen (secondary N) is 2. The zero-order valence-electron chi connectivity index (χ0n) is 17.8. The minimum absolute atomic E-state index is 0. The van der Waals surface area contributed by atoms with Gasteiger partial charge in [-0.1, -0.05) is 0 Å². The van der Waals surface area contributed by atoms with Crippen LogP contribution >= 0.6 is 24.0 Å². The molecular formula is C19H42IN5O2. The Balaban J connectivity index is 0.00000676. The van der Waals surface area contributed by atoms with Crippen LogP contribution in [0, 0.1) is 5.92 Å². The van der Waals surface area contributed by atoms with Crippen LogP contribution in [0.1, 0.15) is 26.2 Å². The molecule has 0 aliphatic carbocycles. The summed E-state index contributed by atoms with van der Waals surface area (Å²) in [6.45, 7) is 11.9. The third-order valence-corrected chi connectivity index (χ3v) is 4.84. The Morgan fingerprint density at radius 1 is 1.11 bits per heavy atom. The first-order valence-electron chi connectivity index (χ1n) is 10.1. The highest BCUT2D eigenvalue weighted by Crippen LogP contribution is 2.17. The first-order valence-corrected chi connectivity index (χ1v) is 10.1. The molecule has 0 radical (unpaired) electrons. The van der Waals surface area contributed by atoms with Crippen molar-refractivity contribution in [3.8, 4) is 0 Å². The second-order valence-corrected chi connectivity index (χ2v) is 7.07. The van der Waals surface area contributed by atoms with Gasteiger partial charge in [0.25, 0.3) is 0 Å². The van der Waals surface area contributed by atoms with E-state index in [2.05, 4.69) is 34.4 Å². The van der Waals surface area contributed by atoms with E-state index < -0.39 is 0 Å². The summed E-state index contributed by atoms with van der Waals surface area (Å²) in [5, 5.41) is 6.82. The minimum Gasteiger partial charge on any atom is -0.385 e. The van der Waals surface area contributed by atoms with E-state index in [4.69, 9.17) is 14.5 Å². The molecule has 27 heavy (non-hydrogen) atoms. The largest absolute Gasteiger partial charge is 0.385 e. The SMILES string of the molecule is CCNC(=NCC1CCN(CCOC)CC1)NCCN(C)CCCOC.I. The van der Waals surface area contributed by atoms with Crippen LogP contribution in [0.2, 0.25) is 0 Å². The smallest absolute Gasteiger partial charge is 0.191 e. The molecule has 7 nitrogen and oxygen atoms in total. The zero-order valence-corrected chi connectivity index (χ0v) is 20.2. The monoisotopic (exact) mass is 499 g/mol. The minimum atomic E-state index is 0. The number of guanidine groups is 1. The lowest BCUT2D eigenvalue weighted by Crippen LogP contribution is -2.42. The second kappa shape index (κ2) is 17.9. The van der Waals surface area contributed by atoms with E-state index in [-0.39, 0.29) is 24.0 Å². The highest BCUT2D eigenvalue weighted by Gasteiger charge is 2.18. The molecule has 1 aliphatic rings. The van der Waals surface area contributed by atoms with Crippen molar-refractivity contribution in [2.75, 3.05) is 86.8 Å². The number of aliphatic imine (C=N–C) groups is 1. The molecule has 0 atom stereocenters. The van der Waals surface area contributed by atoms with Gasteiger partial charge in [-0.05, 0) is 52.2 Å². The molecule has 1 saturated heterocycles. The predicted octanol–water partition coefficient (Wildman–Crippen LogP) is 1.49. The van der Waals surface area contributed by atoms with Crippen molar-refractivity contribution in [3.63, 3.8) is 0 Å². The Kier molecular flexibility index (Phi) is 17.8. The van der Waals surface area contributed by atoms with Gasteiger partial charge in [-0.2, -0.15) is 0 Å². The van der Waals surface area contributed by atoms with Crippen molar-refractivity contribution in [1.29, 1.82) is 0 Å². The maximum absolute atomic E-state index is 5.17. The summed E-state index contributed by atoms with van der Waals surface area (Å²) in [6.07, 6.45) is 3.54. The van der Waals surface area contributed by atoms with Gasteiger partial charge in [-0.25, -0.2) is 0 Å². The van der Waals surface area contributed by atoms with Crippen LogP contribution in [-0.4, -0.2) is 103 Å². The number of methoxy groups -OCH3 is 2. The van der Waals surface area contributed by atoms with E-state index >= 15 is 0 Å². The summed E-state index contributed by atoms with van der Waals surface area (Å²) in [5.41, 5.74) is 0. The van der Waals surface area contributed by atoms with Gasteiger partial charge in [0.15, 0.2) is 5.96 Å².